The van der Waals surface area contributed by atoms with E-state index in [1.807, 2.05) is 0 Å². The minimum atomic E-state index is -1.60. The van der Waals surface area contributed by atoms with Crippen LogP contribution in [0.1, 0.15) is 47.5 Å². The SMILES string of the molecule is C/C(=C\CBr)CC/C=C(\C)CO[Si](C)(C)C(C)(C)C. The van der Waals surface area contributed by atoms with Gasteiger partial charge in [0.2, 0.25) is 0 Å². The Morgan fingerprint density at radius 1 is 1.11 bits per heavy atom. The summed E-state index contributed by atoms with van der Waals surface area (Å²) in [5.41, 5.74) is 2.81. The van der Waals surface area contributed by atoms with Gasteiger partial charge >= 0.3 is 0 Å². The van der Waals surface area contributed by atoms with Gasteiger partial charge in [0.25, 0.3) is 0 Å². The molecule has 0 aliphatic heterocycles. The van der Waals surface area contributed by atoms with Crippen molar-refractivity contribution in [3.8, 4) is 0 Å². The molecule has 0 heterocycles. The summed E-state index contributed by atoms with van der Waals surface area (Å²) in [7, 11) is -1.60. The highest BCUT2D eigenvalue weighted by atomic mass is 79.9. The Morgan fingerprint density at radius 2 is 1.68 bits per heavy atom. The first-order valence-electron chi connectivity index (χ1n) is 7.11. The van der Waals surface area contributed by atoms with Crippen LogP contribution in [0.3, 0.4) is 0 Å². The molecule has 0 fully saturated rings. The van der Waals surface area contributed by atoms with Crippen LogP contribution in [-0.4, -0.2) is 20.3 Å². The molecule has 0 saturated carbocycles. The molecule has 112 valence electrons. The minimum Gasteiger partial charge on any atom is -0.413 e. The van der Waals surface area contributed by atoms with Crippen LogP contribution in [-0.2, 0) is 4.43 Å². The lowest BCUT2D eigenvalue weighted by Crippen LogP contribution is -2.41. The molecule has 0 aliphatic carbocycles. The maximum absolute atomic E-state index is 6.21. The van der Waals surface area contributed by atoms with Crippen molar-refractivity contribution in [2.45, 2.75) is 65.6 Å². The van der Waals surface area contributed by atoms with Gasteiger partial charge in [-0.25, -0.2) is 0 Å². The molecule has 3 heteroatoms. The van der Waals surface area contributed by atoms with Gasteiger partial charge in [-0.3, -0.25) is 0 Å². The molecule has 0 amide bonds. The second-order valence-electron chi connectivity index (χ2n) is 6.84. The molecule has 0 unspecified atom stereocenters. The van der Waals surface area contributed by atoms with E-state index in [2.05, 4.69) is 75.8 Å². The van der Waals surface area contributed by atoms with Crippen molar-refractivity contribution in [1.82, 2.24) is 0 Å². The lowest BCUT2D eigenvalue weighted by Gasteiger charge is -2.36. The largest absolute Gasteiger partial charge is 0.413 e. The fourth-order valence-corrected chi connectivity index (χ4v) is 2.92. The molecular formula is C16H31BrOSi. The van der Waals surface area contributed by atoms with E-state index in [-0.39, 0.29) is 0 Å². The molecule has 0 aromatic rings. The van der Waals surface area contributed by atoms with E-state index < -0.39 is 8.32 Å². The molecule has 0 bridgehead atoms. The maximum Gasteiger partial charge on any atom is 0.192 e. The van der Waals surface area contributed by atoms with Gasteiger partial charge in [0.05, 0.1) is 6.61 Å². The highest BCUT2D eigenvalue weighted by molar-refractivity contribution is 9.09. The summed E-state index contributed by atoms with van der Waals surface area (Å²) in [5, 5.41) is 1.25. The van der Waals surface area contributed by atoms with E-state index in [9.17, 15) is 0 Å². The van der Waals surface area contributed by atoms with Gasteiger partial charge in [-0.1, -0.05) is 60.0 Å². The zero-order chi connectivity index (χ0) is 15.1. The normalized spacial score (nSPS) is 14.9. The van der Waals surface area contributed by atoms with Gasteiger partial charge in [0.1, 0.15) is 0 Å². The van der Waals surface area contributed by atoms with Crippen LogP contribution in [0.25, 0.3) is 0 Å². The second kappa shape index (κ2) is 8.43. The molecule has 1 nitrogen and oxygen atoms in total. The topological polar surface area (TPSA) is 9.23 Å². The summed E-state index contributed by atoms with van der Waals surface area (Å²) in [5.74, 6) is 0. The number of hydrogen-bond donors (Lipinski definition) is 0. The average Bonchev–Trinajstić information content (AvgIpc) is 2.25. The summed E-state index contributed by atoms with van der Waals surface area (Å²) >= 11 is 3.43. The number of alkyl halides is 1. The molecule has 0 rings (SSSR count). The molecule has 0 atom stereocenters. The van der Waals surface area contributed by atoms with Crippen molar-refractivity contribution in [2.24, 2.45) is 0 Å². The van der Waals surface area contributed by atoms with E-state index in [0.29, 0.717) is 5.04 Å². The third-order valence-electron chi connectivity index (χ3n) is 3.92. The summed E-state index contributed by atoms with van der Waals surface area (Å²) in [6.07, 6.45) is 6.80. The van der Waals surface area contributed by atoms with Gasteiger partial charge < -0.3 is 4.43 Å². The maximum atomic E-state index is 6.21. The monoisotopic (exact) mass is 346 g/mol. The first kappa shape index (κ1) is 19.1. The number of allylic oxidation sites excluding steroid dienone is 3. The number of hydrogen-bond acceptors (Lipinski definition) is 1. The Kier molecular flexibility index (Phi) is 8.49. The molecule has 0 aliphatic rings. The smallest absolute Gasteiger partial charge is 0.192 e. The fraction of sp³-hybridized carbons (Fsp3) is 0.750. The zero-order valence-corrected chi connectivity index (χ0v) is 16.4. The summed E-state index contributed by atoms with van der Waals surface area (Å²) in [6, 6.07) is 0. The Labute approximate surface area is 129 Å². The van der Waals surface area contributed by atoms with Gasteiger partial charge in [0, 0.05) is 5.33 Å². The molecule has 0 radical (unpaired) electrons. The molecule has 0 saturated heterocycles. The minimum absolute atomic E-state index is 0.294. The molecule has 0 N–H and O–H groups in total. The third-order valence-corrected chi connectivity index (χ3v) is 8.73. The van der Waals surface area contributed by atoms with Crippen molar-refractivity contribution < 1.29 is 4.43 Å². The average molecular weight is 347 g/mol. The molecule has 0 aromatic carbocycles. The third kappa shape index (κ3) is 8.11. The predicted octanol–water partition coefficient (Wildman–Crippen LogP) is 6.08. The first-order valence-corrected chi connectivity index (χ1v) is 11.1. The van der Waals surface area contributed by atoms with Crippen molar-refractivity contribution in [2.75, 3.05) is 11.9 Å². The van der Waals surface area contributed by atoms with Crippen LogP contribution in [0.2, 0.25) is 18.1 Å². The van der Waals surface area contributed by atoms with E-state index in [0.717, 1.165) is 24.8 Å². The lowest BCUT2D eigenvalue weighted by atomic mass is 10.1. The van der Waals surface area contributed by atoms with Crippen molar-refractivity contribution >= 4 is 24.2 Å². The van der Waals surface area contributed by atoms with E-state index >= 15 is 0 Å². The van der Waals surface area contributed by atoms with Crippen molar-refractivity contribution in [3.63, 3.8) is 0 Å². The summed E-state index contributed by atoms with van der Waals surface area (Å²) < 4.78 is 6.21. The second-order valence-corrected chi connectivity index (χ2v) is 12.3. The Hall–Kier alpha value is 0.137. The Morgan fingerprint density at radius 3 is 2.16 bits per heavy atom. The molecular weight excluding hydrogens is 316 g/mol. The van der Waals surface area contributed by atoms with Crippen LogP contribution in [0, 0.1) is 0 Å². The van der Waals surface area contributed by atoms with Crippen LogP contribution in [0.4, 0.5) is 0 Å². The van der Waals surface area contributed by atoms with Crippen LogP contribution in [0.5, 0.6) is 0 Å². The van der Waals surface area contributed by atoms with Crippen molar-refractivity contribution in [3.05, 3.63) is 23.3 Å². The highest BCUT2D eigenvalue weighted by Crippen LogP contribution is 2.36. The van der Waals surface area contributed by atoms with Gasteiger partial charge in [-0.15, -0.1) is 0 Å². The van der Waals surface area contributed by atoms with E-state index in [4.69, 9.17) is 4.43 Å². The fourth-order valence-electron chi connectivity index (χ4n) is 1.35. The van der Waals surface area contributed by atoms with Gasteiger partial charge in [-0.2, -0.15) is 0 Å². The van der Waals surface area contributed by atoms with E-state index in [1.54, 1.807) is 0 Å². The number of halogens is 1. The highest BCUT2D eigenvalue weighted by Gasteiger charge is 2.36. The molecule has 0 aromatic heterocycles. The Bertz CT molecular complexity index is 324. The zero-order valence-electron chi connectivity index (χ0n) is 13.8. The van der Waals surface area contributed by atoms with Crippen LogP contribution >= 0.6 is 15.9 Å². The first-order chi connectivity index (χ1) is 8.60. The Balaban J connectivity index is 4.18. The quantitative estimate of drug-likeness (QED) is 0.308. The molecule has 0 spiro atoms. The van der Waals surface area contributed by atoms with Gasteiger partial charge in [-0.05, 0) is 44.8 Å². The van der Waals surface area contributed by atoms with E-state index in [1.165, 1.54) is 11.1 Å². The summed E-state index contributed by atoms with van der Waals surface area (Å²) in [4.78, 5) is 0. The summed E-state index contributed by atoms with van der Waals surface area (Å²) in [6.45, 7) is 16.6. The van der Waals surface area contributed by atoms with Crippen LogP contribution in [0.15, 0.2) is 23.3 Å². The predicted molar refractivity (Wildman–Crippen MR) is 93.7 cm³/mol. The standard InChI is InChI=1S/C16H31BrOSi/c1-14(11-12-17)9-8-10-15(2)13-18-19(6,7)16(3,4)5/h10-11H,8-9,12-13H2,1-7H3/b14-11+,15-10+. The van der Waals surface area contributed by atoms with Gasteiger partial charge in [0.15, 0.2) is 8.32 Å². The molecule has 19 heavy (non-hydrogen) atoms. The lowest BCUT2D eigenvalue weighted by molar-refractivity contribution is 0.318. The van der Waals surface area contributed by atoms with Crippen molar-refractivity contribution in [1.29, 1.82) is 0 Å². The van der Waals surface area contributed by atoms with Crippen LogP contribution < -0.4 is 0 Å². The number of rotatable bonds is 7.